The molecule has 5 nitrogen and oxygen atoms in total. The van der Waals surface area contributed by atoms with E-state index >= 15 is 0 Å². The van der Waals surface area contributed by atoms with Crippen molar-refractivity contribution in [2.24, 2.45) is 0 Å². The second kappa shape index (κ2) is 8.19. The van der Waals surface area contributed by atoms with Crippen molar-refractivity contribution in [1.82, 2.24) is 15.2 Å². The fourth-order valence-corrected chi connectivity index (χ4v) is 3.24. The molecule has 2 heterocycles. The van der Waals surface area contributed by atoms with Crippen LogP contribution in [-0.4, -0.2) is 48.1 Å². The van der Waals surface area contributed by atoms with Gasteiger partial charge in [0.05, 0.1) is 17.8 Å². The Balaban J connectivity index is 1.52. The van der Waals surface area contributed by atoms with E-state index in [-0.39, 0.29) is 12.0 Å². The van der Waals surface area contributed by atoms with Gasteiger partial charge in [0.1, 0.15) is 4.88 Å². The summed E-state index contributed by atoms with van der Waals surface area (Å²) in [6, 6.07) is 10.5. The van der Waals surface area contributed by atoms with Crippen molar-refractivity contribution in [3.8, 4) is 0 Å². The van der Waals surface area contributed by atoms with Crippen LogP contribution in [-0.2, 0) is 11.3 Å². The molecule has 1 unspecified atom stereocenters. The SMILES string of the molecule is O=C(NCC1CN(Cc2ccccc2)CCCO1)c1cncs1. The van der Waals surface area contributed by atoms with Crippen LogP contribution in [0.3, 0.4) is 0 Å². The highest BCUT2D eigenvalue weighted by atomic mass is 32.1. The predicted octanol–water partition coefficient (Wildman–Crippen LogP) is 2.16. The molecule has 0 spiro atoms. The highest BCUT2D eigenvalue weighted by Gasteiger charge is 2.20. The maximum Gasteiger partial charge on any atom is 0.263 e. The number of thiazole rings is 1. The minimum Gasteiger partial charge on any atom is -0.375 e. The number of ether oxygens (including phenoxy) is 1. The van der Waals surface area contributed by atoms with Gasteiger partial charge in [-0.15, -0.1) is 11.3 Å². The highest BCUT2D eigenvalue weighted by Crippen LogP contribution is 2.11. The normalized spacial score (nSPS) is 19.2. The van der Waals surface area contributed by atoms with Crippen LogP contribution in [0.25, 0.3) is 0 Å². The molecule has 1 aliphatic rings. The van der Waals surface area contributed by atoms with Crippen molar-refractivity contribution in [3.05, 3.63) is 52.5 Å². The molecule has 0 aliphatic carbocycles. The van der Waals surface area contributed by atoms with Crippen molar-refractivity contribution >= 4 is 17.2 Å². The summed E-state index contributed by atoms with van der Waals surface area (Å²) in [7, 11) is 0. The summed E-state index contributed by atoms with van der Waals surface area (Å²) in [5.74, 6) is -0.0741. The summed E-state index contributed by atoms with van der Waals surface area (Å²) >= 11 is 1.35. The standard InChI is InChI=1S/C17H21N3O2S/c21-17(16-10-18-13-23-16)19-9-15-12-20(7-4-8-22-15)11-14-5-2-1-3-6-14/h1-3,5-6,10,13,15H,4,7-9,11-12H2,(H,19,21). The first-order valence-corrected chi connectivity index (χ1v) is 8.74. The number of carbonyl (C=O) groups is 1. The molecule has 0 radical (unpaired) electrons. The minimum absolute atomic E-state index is 0.0260. The van der Waals surface area contributed by atoms with Crippen LogP contribution in [0.15, 0.2) is 42.0 Å². The number of nitrogens with zero attached hydrogens (tertiary/aromatic N) is 2. The lowest BCUT2D eigenvalue weighted by atomic mass is 10.2. The van der Waals surface area contributed by atoms with Crippen LogP contribution in [0.4, 0.5) is 0 Å². The Morgan fingerprint density at radius 2 is 2.26 bits per heavy atom. The van der Waals surface area contributed by atoms with Crippen LogP contribution < -0.4 is 5.32 Å². The van der Waals surface area contributed by atoms with Gasteiger partial charge in [-0.25, -0.2) is 0 Å². The smallest absolute Gasteiger partial charge is 0.263 e. The van der Waals surface area contributed by atoms with Gasteiger partial charge < -0.3 is 10.1 Å². The summed E-state index contributed by atoms with van der Waals surface area (Å²) in [5.41, 5.74) is 2.97. The lowest BCUT2D eigenvalue weighted by Crippen LogP contribution is -2.39. The lowest BCUT2D eigenvalue weighted by molar-refractivity contribution is 0.0511. The van der Waals surface area contributed by atoms with E-state index in [1.165, 1.54) is 16.9 Å². The molecule has 23 heavy (non-hydrogen) atoms. The second-order valence-corrected chi connectivity index (χ2v) is 6.53. The molecule has 1 aromatic carbocycles. The molecule has 1 N–H and O–H groups in total. The van der Waals surface area contributed by atoms with E-state index in [4.69, 9.17) is 4.74 Å². The largest absolute Gasteiger partial charge is 0.375 e. The third-order valence-corrected chi connectivity index (χ3v) is 4.60. The molecule has 1 fully saturated rings. The Morgan fingerprint density at radius 3 is 3.04 bits per heavy atom. The third kappa shape index (κ3) is 4.86. The molecular formula is C17H21N3O2S. The fraction of sp³-hybridized carbons (Fsp3) is 0.412. The minimum atomic E-state index is -0.0741. The second-order valence-electron chi connectivity index (χ2n) is 5.64. The van der Waals surface area contributed by atoms with Crippen LogP contribution in [0, 0.1) is 0 Å². The zero-order valence-electron chi connectivity index (χ0n) is 13.0. The maximum absolute atomic E-state index is 12.0. The molecule has 6 heteroatoms. The topological polar surface area (TPSA) is 54.5 Å². The maximum atomic E-state index is 12.0. The van der Waals surface area contributed by atoms with Crippen LogP contribution in [0.5, 0.6) is 0 Å². The molecule has 0 saturated carbocycles. The third-order valence-electron chi connectivity index (χ3n) is 3.83. The Labute approximate surface area is 140 Å². The number of carbonyl (C=O) groups excluding carboxylic acids is 1. The van der Waals surface area contributed by atoms with Crippen LogP contribution >= 0.6 is 11.3 Å². The van der Waals surface area contributed by atoms with E-state index < -0.39 is 0 Å². The summed E-state index contributed by atoms with van der Waals surface area (Å²) in [4.78, 5) is 19.0. The number of benzene rings is 1. The van der Waals surface area contributed by atoms with E-state index in [2.05, 4.69) is 39.5 Å². The van der Waals surface area contributed by atoms with Crippen molar-refractivity contribution < 1.29 is 9.53 Å². The van der Waals surface area contributed by atoms with Gasteiger partial charge in [-0.1, -0.05) is 30.3 Å². The van der Waals surface area contributed by atoms with Gasteiger partial charge in [-0.3, -0.25) is 14.7 Å². The van der Waals surface area contributed by atoms with Crippen molar-refractivity contribution in [2.75, 3.05) is 26.2 Å². The van der Waals surface area contributed by atoms with Gasteiger partial charge in [0.2, 0.25) is 0 Å². The zero-order chi connectivity index (χ0) is 15.9. The van der Waals surface area contributed by atoms with Gasteiger partial charge in [-0.2, -0.15) is 0 Å². The molecule has 1 aromatic heterocycles. The Bertz CT molecular complexity index is 604. The Morgan fingerprint density at radius 1 is 1.39 bits per heavy atom. The lowest BCUT2D eigenvalue weighted by Gasteiger charge is -2.24. The average molecular weight is 331 g/mol. The number of nitrogens with one attached hydrogen (secondary N) is 1. The Hall–Kier alpha value is -1.76. The molecule has 1 aliphatic heterocycles. The first-order valence-electron chi connectivity index (χ1n) is 7.86. The monoisotopic (exact) mass is 331 g/mol. The zero-order valence-corrected chi connectivity index (χ0v) is 13.8. The summed E-state index contributed by atoms with van der Waals surface area (Å²) in [6.07, 6.45) is 2.64. The molecule has 122 valence electrons. The van der Waals surface area contributed by atoms with Crippen molar-refractivity contribution in [2.45, 2.75) is 19.1 Å². The number of aromatic nitrogens is 1. The van der Waals surface area contributed by atoms with E-state index in [1.807, 2.05) is 6.07 Å². The molecule has 1 saturated heterocycles. The summed E-state index contributed by atoms with van der Waals surface area (Å²) < 4.78 is 5.87. The molecule has 2 aromatic rings. The van der Waals surface area contributed by atoms with E-state index in [9.17, 15) is 4.79 Å². The number of amides is 1. The number of rotatable bonds is 5. The van der Waals surface area contributed by atoms with E-state index in [0.29, 0.717) is 11.4 Å². The summed E-state index contributed by atoms with van der Waals surface area (Å²) in [5, 5.41) is 2.95. The average Bonchev–Trinajstić information content (AvgIpc) is 3.02. The van der Waals surface area contributed by atoms with Crippen molar-refractivity contribution in [1.29, 1.82) is 0 Å². The van der Waals surface area contributed by atoms with E-state index in [1.54, 1.807) is 11.7 Å². The van der Waals surface area contributed by atoms with Gasteiger partial charge in [-0.05, 0) is 12.0 Å². The first-order chi connectivity index (χ1) is 11.3. The number of hydrogen-bond acceptors (Lipinski definition) is 5. The van der Waals surface area contributed by atoms with Crippen molar-refractivity contribution in [3.63, 3.8) is 0 Å². The molecule has 0 bridgehead atoms. The van der Waals surface area contributed by atoms with E-state index in [0.717, 1.165) is 32.7 Å². The first kappa shape index (κ1) is 16.1. The molecule has 3 rings (SSSR count). The molecule has 1 amide bonds. The number of hydrogen-bond donors (Lipinski definition) is 1. The summed E-state index contributed by atoms with van der Waals surface area (Å²) in [6.45, 7) is 4.05. The Kier molecular flexibility index (Phi) is 5.74. The molecule has 1 atom stereocenters. The quantitative estimate of drug-likeness (QED) is 0.912. The fourth-order valence-electron chi connectivity index (χ4n) is 2.70. The van der Waals surface area contributed by atoms with Crippen LogP contribution in [0.2, 0.25) is 0 Å². The van der Waals surface area contributed by atoms with Gasteiger partial charge in [0, 0.05) is 32.8 Å². The molecular weight excluding hydrogens is 310 g/mol. The van der Waals surface area contributed by atoms with Gasteiger partial charge >= 0.3 is 0 Å². The van der Waals surface area contributed by atoms with Crippen LogP contribution in [0.1, 0.15) is 21.7 Å². The van der Waals surface area contributed by atoms with Gasteiger partial charge in [0.25, 0.3) is 5.91 Å². The highest BCUT2D eigenvalue weighted by molar-refractivity contribution is 7.11. The predicted molar refractivity (Wildman–Crippen MR) is 90.5 cm³/mol. The van der Waals surface area contributed by atoms with Gasteiger partial charge in [0.15, 0.2) is 0 Å².